The summed E-state index contributed by atoms with van der Waals surface area (Å²) >= 11 is 5.92. The predicted molar refractivity (Wildman–Crippen MR) is 73.1 cm³/mol. The molecule has 0 fully saturated rings. The number of anilines is 2. The quantitative estimate of drug-likeness (QED) is 0.730. The Morgan fingerprint density at radius 1 is 1.11 bits per heavy atom. The fourth-order valence-electron chi connectivity index (χ4n) is 2.54. The second-order valence-corrected chi connectivity index (χ2v) is 4.68. The third-order valence-corrected chi connectivity index (χ3v) is 3.66. The van der Waals surface area contributed by atoms with Gasteiger partial charge in [-0.2, -0.15) is 0 Å². The molecule has 0 N–H and O–H groups in total. The Balaban J connectivity index is 2.13. The fraction of sp³-hybridized carbons (Fsp3) is 0.200. The molecule has 0 atom stereocenters. The second kappa shape index (κ2) is 4.62. The molecule has 0 amide bonds. The van der Waals surface area contributed by atoms with Crippen LogP contribution in [0.15, 0.2) is 42.5 Å². The summed E-state index contributed by atoms with van der Waals surface area (Å²) in [6.45, 7) is 0.810. The maximum absolute atomic E-state index is 14.1. The van der Waals surface area contributed by atoms with Crippen LogP contribution < -0.4 is 4.90 Å². The minimum Gasteiger partial charge on any atom is -0.338 e. The first-order valence-electron chi connectivity index (χ1n) is 6.00. The molecule has 92 valence electrons. The van der Waals surface area contributed by atoms with Gasteiger partial charge < -0.3 is 4.90 Å². The third-order valence-electron chi connectivity index (χ3n) is 3.37. The number of fused-ring (bicyclic) bond motifs is 1. The highest BCUT2D eigenvalue weighted by Gasteiger charge is 2.24. The van der Waals surface area contributed by atoms with E-state index in [1.54, 1.807) is 6.07 Å². The van der Waals surface area contributed by atoms with Crippen LogP contribution in [0.2, 0.25) is 0 Å². The Bertz CT molecular complexity index is 582. The summed E-state index contributed by atoms with van der Waals surface area (Å²) in [7, 11) is 0. The van der Waals surface area contributed by atoms with E-state index in [9.17, 15) is 4.39 Å². The minimum atomic E-state index is -0.204. The standard InChI is InChI=1S/C15H13ClFN/c16-10-12-5-3-6-13(17)15(12)18-9-8-11-4-1-2-7-14(11)18/h1-7H,8-10H2. The second-order valence-electron chi connectivity index (χ2n) is 4.41. The smallest absolute Gasteiger partial charge is 0.147 e. The molecule has 2 aromatic rings. The van der Waals surface area contributed by atoms with Gasteiger partial charge in [0.25, 0.3) is 0 Å². The van der Waals surface area contributed by atoms with Crippen LogP contribution in [0, 0.1) is 5.82 Å². The van der Waals surface area contributed by atoms with Crippen molar-refractivity contribution in [1.29, 1.82) is 0 Å². The first kappa shape index (κ1) is 11.5. The molecule has 0 aliphatic carbocycles. The van der Waals surface area contributed by atoms with E-state index in [1.807, 2.05) is 29.2 Å². The van der Waals surface area contributed by atoms with Gasteiger partial charge in [-0.05, 0) is 29.7 Å². The fourth-order valence-corrected chi connectivity index (χ4v) is 2.76. The van der Waals surface area contributed by atoms with Gasteiger partial charge in [0.05, 0.1) is 5.69 Å². The van der Waals surface area contributed by atoms with Gasteiger partial charge >= 0.3 is 0 Å². The van der Waals surface area contributed by atoms with E-state index in [2.05, 4.69) is 6.07 Å². The molecule has 0 spiro atoms. The van der Waals surface area contributed by atoms with Gasteiger partial charge in [0.1, 0.15) is 5.82 Å². The molecule has 0 saturated carbocycles. The monoisotopic (exact) mass is 261 g/mol. The van der Waals surface area contributed by atoms with Crippen molar-refractivity contribution in [3.05, 3.63) is 59.4 Å². The Morgan fingerprint density at radius 2 is 1.94 bits per heavy atom. The topological polar surface area (TPSA) is 3.24 Å². The lowest BCUT2D eigenvalue weighted by Gasteiger charge is -2.22. The summed E-state index contributed by atoms with van der Waals surface area (Å²) in [6.07, 6.45) is 0.951. The highest BCUT2D eigenvalue weighted by Crippen LogP contribution is 2.37. The Hall–Kier alpha value is -1.54. The van der Waals surface area contributed by atoms with Crippen LogP contribution in [0.4, 0.5) is 15.8 Å². The SMILES string of the molecule is Fc1cccc(CCl)c1N1CCc2ccccc21. The lowest BCUT2D eigenvalue weighted by molar-refractivity contribution is 0.624. The Kier molecular flexibility index (Phi) is 2.96. The van der Waals surface area contributed by atoms with E-state index in [0.717, 1.165) is 24.2 Å². The molecular weight excluding hydrogens is 249 g/mol. The molecule has 1 heterocycles. The van der Waals surface area contributed by atoms with E-state index in [-0.39, 0.29) is 5.82 Å². The van der Waals surface area contributed by atoms with Crippen molar-refractivity contribution in [3.63, 3.8) is 0 Å². The molecule has 18 heavy (non-hydrogen) atoms. The predicted octanol–water partition coefficient (Wildman–Crippen LogP) is 4.26. The van der Waals surface area contributed by atoms with Crippen LogP contribution in [0.3, 0.4) is 0 Å². The number of nitrogens with zero attached hydrogens (tertiary/aromatic N) is 1. The van der Waals surface area contributed by atoms with Crippen molar-refractivity contribution in [1.82, 2.24) is 0 Å². The van der Waals surface area contributed by atoms with Gasteiger partial charge in [-0.1, -0.05) is 30.3 Å². The highest BCUT2D eigenvalue weighted by molar-refractivity contribution is 6.17. The highest BCUT2D eigenvalue weighted by atomic mass is 35.5. The van der Waals surface area contributed by atoms with Gasteiger partial charge in [0, 0.05) is 18.1 Å². The summed E-state index contributed by atoms with van der Waals surface area (Å²) in [5, 5.41) is 0. The van der Waals surface area contributed by atoms with Crippen LogP contribution in [0.1, 0.15) is 11.1 Å². The number of hydrogen-bond donors (Lipinski definition) is 0. The summed E-state index contributed by atoms with van der Waals surface area (Å²) in [4.78, 5) is 2.03. The summed E-state index contributed by atoms with van der Waals surface area (Å²) in [5.41, 5.74) is 3.82. The van der Waals surface area contributed by atoms with E-state index in [1.165, 1.54) is 11.6 Å². The number of rotatable bonds is 2. The zero-order valence-electron chi connectivity index (χ0n) is 9.87. The summed E-state index contributed by atoms with van der Waals surface area (Å²) in [5.74, 6) is 0.121. The molecule has 0 radical (unpaired) electrons. The van der Waals surface area contributed by atoms with Crippen molar-refractivity contribution in [2.24, 2.45) is 0 Å². The minimum absolute atomic E-state index is 0.204. The molecule has 2 aromatic carbocycles. The van der Waals surface area contributed by atoms with E-state index >= 15 is 0 Å². The van der Waals surface area contributed by atoms with Gasteiger partial charge in [-0.15, -0.1) is 11.6 Å². The van der Waals surface area contributed by atoms with Crippen LogP contribution in [0.25, 0.3) is 0 Å². The lowest BCUT2D eigenvalue weighted by Crippen LogP contribution is -2.16. The third kappa shape index (κ3) is 1.77. The van der Waals surface area contributed by atoms with Crippen molar-refractivity contribution in [2.75, 3.05) is 11.4 Å². The molecule has 0 saturated heterocycles. The van der Waals surface area contributed by atoms with Gasteiger partial charge in [0.2, 0.25) is 0 Å². The Morgan fingerprint density at radius 3 is 2.78 bits per heavy atom. The van der Waals surface area contributed by atoms with Crippen molar-refractivity contribution < 1.29 is 4.39 Å². The van der Waals surface area contributed by atoms with Crippen molar-refractivity contribution >= 4 is 23.0 Å². The number of halogens is 2. The van der Waals surface area contributed by atoms with Crippen molar-refractivity contribution in [2.45, 2.75) is 12.3 Å². The normalized spacial score (nSPS) is 13.8. The van der Waals surface area contributed by atoms with E-state index in [4.69, 9.17) is 11.6 Å². The van der Waals surface area contributed by atoms with Gasteiger partial charge in [-0.3, -0.25) is 0 Å². The van der Waals surface area contributed by atoms with Crippen LogP contribution in [-0.4, -0.2) is 6.54 Å². The molecule has 0 aromatic heterocycles. The van der Waals surface area contributed by atoms with Crippen molar-refractivity contribution in [3.8, 4) is 0 Å². The van der Waals surface area contributed by atoms with Crippen LogP contribution in [0.5, 0.6) is 0 Å². The molecule has 3 heteroatoms. The molecule has 1 aliphatic rings. The first-order valence-corrected chi connectivity index (χ1v) is 6.53. The zero-order valence-corrected chi connectivity index (χ0v) is 10.6. The number of alkyl halides is 1. The number of benzene rings is 2. The molecular formula is C15H13ClFN. The van der Waals surface area contributed by atoms with Gasteiger partial charge in [-0.25, -0.2) is 4.39 Å². The lowest BCUT2D eigenvalue weighted by atomic mass is 10.1. The van der Waals surface area contributed by atoms with Gasteiger partial charge in [0.15, 0.2) is 0 Å². The maximum atomic E-state index is 14.1. The van der Waals surface area contributed by atoms with E-state index < -0.39 is 0 Å². The van der Waals surface area contributed by atoms with Crippen LogP contribution in [-0.2, 0) is 12.3 Å². The molecule has 1 nitrogen and oxygen atoms in total. The van der Waals surface area contributed by atoms with Crippen LogP contribution >= 0.6 is 11.6 Å². The summed E-state index contributed by atoms with van der Waals surface area (Å²) < 4.78 is 14.1. The average molecular weight is 262 g/mol. The summed E-state index contributed by atoms with van der Waals surface area (Å²) in [6, 6.07) is 13.2. The Labute approximate surface area is 111 Å². The molecule has 3 rings (SSSR count). The molecule has 0 bridgehead atoms. The zero-order chi connectivity index (χ0) is 12.5. The largest absolute Gasteiger partial charge is 0.338 e. The first-order chi connectivity index (χ1) is 8.81. The number of hydrogen-bond acceptors (Lipinski definition) is 1. The maximum Gasteiger partial charge on any atom is 0.147 e. The van der Waals surface area contributed by atoms with E-state index in [0.29, 0.717) is 11.6 Å². The average Bonchev–Trinajstić information content (AvgIpc) is 2.82. The number of para-hydroxylation sites is 2. The molecule has 0 unspecified atom stereocenters. The molecule has 1 aliphatic heterocycles.